The maximum absolute atomic E-state index is 12.8. The van der Waals surface area contributed by atoms with Gasteiger partial charge in [0.15, 0.2) is 0 Å². The molecule has 1 aliphatic heterocycles. The number of aromatic amines is 1. The average molecular weight is 332 g/mol. The van der Waals surface area contributed by atoms with Crippen LogP contribution in [0.1, 0.15) is 48.2 Å². The van der Waals surface area contributed by atoms with Crippen molar-refractivity contribution in [3.05, 3.63) is 70.9 Å². The molecular weight excluding hydrogens is 308 g/mol. The summed E-state index contributed by atoms with van der Waals surface area (Å²) in [5.74, 6) is 0.248. The molecule has 2 aromatic carbocycles. The van der Waals surface area contributed by atoms with Crippen LogP contribution in [0.3, 0.4) is 0 Å². The van der Waals surface area contributed by atoms with E-state index in [1.807, 2.05) is 0 Å². The molecule has 0 unspecified atom stereocenters. The van der Waals surface area contributed by atoms with Crippen LogP contribution in [0.4, 0.5) is 0 Å². The summed E-state index contributed by atoms with van der Waals surface area (Å²) in [6.07, 6.45) is 2.41. The molecule has 0 saturated carbocycles. The van der Waals surface area contributed by atoms with Crippen molar-refractivity contribution in [1.29, 1.82) is 0 Å². The van der Waals surface area contributed by atoms with Crippen molar-refractivity contribution in [3.63, 3.8) is 0 Å². The normalized spacial score (nSPS) is 16.9. The zero-order chi connectivity index (χ0) is 17.4. The highest BCUT2D eigenvalue weighted by Gasteiger charge is 2.33. The highest BCUT2D eigenvalue weighted by molar-refractivity contribution is 5.86. The molecule has 128 valence electrons. The summed E-state index contributed by atoms with van der Waals surface area (Å²) in [6, 6.07) is 17.0. The molecule has 1 aliphatic rings. The number of nitrogens with one attached hydrogen (secondary N) is 1. The fourth-order valence-corrected chi connectivity index (χ4v) is 3.96. The predicted molar refractivity (Wildman–Crippen MR) is 102 cm³/mol. The lowest BCUT2D eigenvalue weighted by Crippen LogP contribution is -2.40. The van der Waals surface area contributed by atoms with E-state index >= 15 is 0 Å². The van der Waals surface area contributed by atoms with E-state index in [9.17, 15) is 4.79 Å². The maximum Gasteiger partial charge on any atom is 0.223 e. The van der Waals surface area contributed by atoms with Gasteiger partial charge >= 0.3 is 0 Å². The third-order valence-corrected chi connectivity index (χ3v) is 5.21. The summed E-state index contributed by atoms with van der Waals surface area (Å²) in [7, 11) is 0. The molecule has 3 nitrogen and oxygen atoms in total. The predicted octanol–water partition coefficient (Wildman–Crippen LogP) is 4.75. The van der Waals surface area contributed by atoms with Crippen molar-refractivity contribution in [2.75, 3.05) is 6.54 Å². The zero-order valence-corrected chi connectivity index (χ0v) is 14.9. The van der Waals surface area contributed by atoms with Crippen molar-refractivity contribution in [1.82, 2.24) is 9.88 Å². The van der Waals surface area contributed by atoms with E-state index in [0.29, 0.717) is 6.42 Å². The molecule has 3 heteroatoms. The molecule has 1 amide bonds. The van der Waals surface area contributed by atoms with E-state index in [-0.39, 0.29) is 11.9 Å². The van der Waals surface area contributed by atoms with Gasteiger partial charge in [0.2, 0.25) is 5.91 Å². The van der Waals surface area contributed by atoms with Crippen LogP contribution in [-0.4, -0.2) is 22.3 Å². The number of para-hydroxylation sites is 1. The Hall–Kier alpha value is -2.55. The largest absolute Gasteiger partial charge is 0.356 e. The van der Waals surface area contributed by atoms with E-state index in [0.717, 1.165) is 24.9 Å². The van der Waals surface area contributed by atoms with Gasteiger partial charge in [-0.1, -0.05) is 55.0 Å². The number of fused-ring (bicyclic) bond motifs is 3. The van der Waals surface area contributed by atoms with Crippen LogP contribution in [0.2, 0.25) is 0 Å². The first kappa shape index (κ1) is 15.9. The minimum atomic E-state index is -0.0178. The Kier molecular flexibility index (Phi) is 4.08. The Morgan fingerprint density at radius 2 is 1.92 bits per heavy atom. The van der Waals surface area contributed by atoms with Crippen molar-refractivity contribution in [3.8, 4) is 0 Å². The van der Waals surface area contributed by atoms with Gasteiger partial charge in [0, 0.05) is 29.6 Å². The summed E-state index contributed by atoms with van der Waals surface area (Å²) in [5, 5.41) is 1.29. The average Bonchev–Trinajstić information content (AvgIpc) is 3.00. The molecule has 0 bridgehead atoms. The third-order valence-electron chi connectivity index (χ3n) is 5.21. The Bertz CT molecular complexity index is 907. The lowest BCUT2D eigenvalue weighted by atomic mass is 9.91. The number of aryl methyl sites for hydroxylation is 1. The molecule has 0 fully saturated rings. The summed E-state index contributed by atoms with van der Waals surface area (Å²) in [4.78, 5) is 18.5. The van der Waals surface area contributed by atoms with E-state index < -0.39 is 0 Å². The van der Waals surface area contributed by atoms with Gasteiger partial charge < -0.3 is 9.88 Å². The minimum absolute atomic E-state index is 0.0178. The van der Waals surface area contributed by atoms with Gasteiger partial charge in [0.1, 0.15) is 0 Å². The minimum Gasteiger partial charge on any atom is -0.356 e. The van der Waals surface area contributed by atoms with Gasteiger partial charge in [0.05, 0.1) is 6.04 Å². The number of H-pyrrole nitrogens is 1. The number of aromatic nitrogens is 1. The molecule has 3 aromatic rings. The Morgan fingerprint density at radius 1 is 1.16 bits per heavy atom. The third kappa shape index (κ3) is 2.74. The van der Waals surface area contributed by atoms with Gasteiger partial charge in [-0.3, -0.25) is 4.79 Å². The fraction of sp³-hybridized carbons (Fsp3) is 0.318. The van der Waals surface area contributed by atoms with Crippen molar-refractivity contribution >= 4 is 16.8 Å². The second-order valence-corrected chi connectivity index (χ2v) is 6.96. The first-order valence-corrected chi connectivity index (χ1v) is 9.14. The van der Waals surface area contributed by atoms with Gasteiger partial charge in [-0.15, -0.1) is 0 Å². The molecule has 0 saturated heterocycles. The monoisotopic (exact) mass is 332 g/mol. The van der Waals surface area contributed by atoms with E-state index in [4.69, 9.17) is 0 Å². The molecule has 2 heterocycles. The second-order valence-electron chi connectivity index (χ2n) is 6.96. The summed E-state index contributed by atoms with van der Waals surface area (Å²) < 4.78 is 0. The molecule has 25 heavy (non-hydrogen) atoms. The van der Waals surface area contributed by atoms with Crippen LogP contribution in [0.5, 0.6) is 0 Å². The number of amides is 1. The molecule has 0 aliphatic carbocycles. The van der Waals surface area contributed by atoms with Crippen molar-refractivity contribution < 1.29 is 4.79 Å². The second kappa shape index (κ2) is 6.40. The van der Waals surface area contributed by atoms with Gasteiger partial charge in [0.25, 0.3) is 0 Å². The van der Waals surface area contributed by atoms with Crippen LogP contribution >= 0.6 is 0 Å². The first-order chi connectivity index (χ1) is 12.2. The van der Waals surface area contributed by atoms with Crippen molar-refractivity contribution in [2.45, 2.75) is 39.2 Å². The van der Waals surface area contributed by atoms with Gasteiger partial charge in [-0.05, 0) is 37.0 Å². The molecular formula is C22H24N2O. The lowest BCUT2D eigenvalue weighted by Gasteiger charge is -2.36. The molecule has 1 atom stereocenters. The topological polar surface area (TPSA) is 36.1 Å². The number of rotatable bonds is 3. The maximum atomic E-state index is 12.8. The van der Waals surface area contributed by atoms with Crippen LogP contribution in [0.25, 0.3) is 10.9 Å². The summed E-state index contributed by atoms with van der Waals surface area (Å²) in [6.45, 7) is 4.95. The quantitative estimate of drug-likeness (QED) is 0.738. The highest BCUT2D eigenvalue weighted by atomic mass is 16.2. The molecule has 0 radical (unpaired) electrons. The van der Waals surface area contributed by atoms with Crippen LogP contribution in [0, 0.1) is 6.92 Å². The van der Waals surface area contributed by atoms with Gasteiger partial charge in [-0.25, -0.2) is 0 Å². The molecule has 0 spiro atoms. The number of hydrogen-bond donors (Lipinski definition) is 1. The number of nitrogens with zero attached hydrogens (tertiary/aromatic N) is 1. The smallest absolute Gasteiger partial charge is 0.223 e. The number of carbonyl (C=O) groups is 1. The fourth-order valence-electron chi connectivity index (χ4n) is 3.96. The summed E-state index contributed by atoms with van der Waals surface area (Å²) >= 11 is 0. The summed E-state index contributed by atoms with van der Waals surface area (Å²) in [5.41, 5.74) is 6.13. The Morgan fingerprint density at radius 3 is 2.68 bits per heavy atom. The Balaban J connectivity index is 1.87. The molecule has 4 rings (SSSR count). The molecule has 1 N–H and O–H groups in total. The van der Waals surface area contributed by atoms with Gasteiger partial charge in [-0.2, -0.15) is 0 Å². The van der Waals surface area contributed by atoms with Crippen LogP contribution < -0.4 is 0 Å². The number of benzene rings is 2. The first-order valence-electron chi connectivity index (χ1n) is 9.14. The standard InChI is InChI=1S/C22H24N2O/c1-3-6-20(25)24-14-13-18-17-7-4-5-8-19(17)23-21(18)22(24)16-11-9-15(2)10-12-16/h4-5,7-12,22-23H,3,6,13-14H2,1-2H3/t22-/m0/s1. The Labute approximate surface area is 148 Å². The SMILES string of the molecule is CCCC(=O)N1CCc2c([nH]c3ccccc23)[C@@H]1c1ccc(C)cc1. The van der Waals surface area contributed by atoms with E-state index in [2.05, 4.69) is 72.3 Å². The van der Waals surface area contributed by atoms with Crippen LogP contribution in [0.15, 0.2) is 48.5 Å². The van der Waals surface area contributed by atoms with Crippen LogP contribution in [-0.2, 0) is 11.2 Å². The van der Waals surface area contributed by atoms with E-state index in [1.165, 1.54) is 27.8 Å². The van der Waals surface area contributed by atoms with E-state index in [1.54, 1.807) is 0 Å². The highest BCUT2D eigenvalue weighted by Crippen LogP contribution is 2.38. The van der Waals surface area contributed by atoms with Crippen molar-refractivity contribution in [2.24, 2.45) is 0 Å². The lowest BCUT2D eigenvalue weighted by molar-refractivity contribution is -0.133. The molecule has 1 aromatic heterocycles. The zero-order valence-electron chi connectivity index (χ0n) is 14.9. The number of carbonyl (C=O) groups excluding carboxylic acids is 1. The number of hydrogen-bond acceptors (Lipinski definition) is 1.